The molecule has 0 radical (unpaired) electrons. The second-order valence-corrected chi connectivity index (χ2v) is 12.9. The maximum absolute atomic E-state index is 14.2. The van der Waals surface area contributed by atoms with Crippen molar-refractivity contribution in [3.63, 3.8) is 0 Å². The first-order valence-corrected chi connectivity index (χ1v) is 17.0. The van der Waals surface area contributed by atoms with Gasteiger partial charge in [0, 0.05) is 38.2 Å². The summed E-state index contributed by atoms with van der Waals surface area (Å²) in [6, 6.07) is 12.0. The number of methoxy groups -OCH3 is 1. The second kappa shape index (κ2) is 18.5. The zero-order valence-corrected chi connectivity index (χ0v) is 29.4. The molecule has 1 aliphatic rings. The van der Waals surface area contributed by atoms with E-state index in [0.29, 0.717) is 48.9 Å². The molecule has 9 nitrogen and oxygen atoms in total. The van der Waals surface area contributed by atoms with Crippen molar-refractivity contribution >= 4 is 47.2 Å². The molecule has 5 rings (SSSR count). The molecule has 1 N–H and O–H groups in total. The Hall–Kier alpha value is -4.05. The van der Waals surface area contributed by atoms with E-state index in [9.17, 15) is 31.1 Å². The maximum atomic E-state index is 14.2. The molecule has 0 amide bonds. The Morgan fingerprint density at radius 3 is 2.20 bits per heavy atom. The molecule has 0 spiro atoms. The standard InChI is InChI=1S/C38H40F6N4O5.Na.H/c1-24(2)26-6-9-34(51-3)33(18-26)32-8-7-28(37(39,40)41)17-27(32)23-48(36-45-20-30(21-46-36)47-10-13-52-14-11-47)22-25-15-29(38(42,43)44)19-31(16-25)53-12-4-5-35(49)50;;/h6-9,15-21,24H,4-5,10-14,22-23H2,1-3H3,(H,49,50);;. The first-order valence-electron chi connectivity index (χ1n) is 17.0. The summed E-state index contributed by atoms with van der Waals surface area (Å²) in [6.45, 7) is 5.52. The number of rotatable bonds is 14. The van der Waals surface area contributed by atoms with Crippen molar-refractivity contribution in [1.29, 1.82) is 0 Å². The number of morpholine rings is 1. The van der Waals surface area contributed by atoms with Crippen LogP contribution in [0.1, 0.15) is 60.4 Å². The Morgan fingerprint density at radius 2 is 1.59 bits per heavy atom. The van der Waals surface area contributed by atoms with Gasteiger partial charge in [-0.3, -0.25) is 4.79 Å². The van der Waals surface area contributed by atoms with Gasteiger partial charge < -0.3 is 29.1 Å². The fraction of sp³-hybridized carbons (Fsp3) is 0.395. The van der Waals surface area contributed by atoms with Crippen LogP contribution < -0.4 is 19.3 Å². The molecule has 1 fully saturated rings. The van der Waals surface area contributed by atoms with Crippen LogP contribution in [0, 0.1) is 0 Å². The van der Waals surface area contributed by atoms with Crippen molar-refractivity contribution in [3.8, 4) is 22.6 Å². The zero-order valence-electron chi connectivity index (χ0n) is 29.4. The molecule has 0 unspecified atom stereocenters. The number of aromatic nitrogens is 2. The number of hydrogen-bond donors (Lipinski definition) is 1. The Bertz CT molecular complexity index is 1870. The Balaban J connectivity index is 0.00000650. The molecule has 0 aliphatic carbocycles. The van der Waals surface area contributed by atoms with E-state index in [1.807, 2.05) is 30.9 Å². The molecule has 1 aliphatic heterocycles. The van der Waals surface area contributed by atoms with Gasteiger partial charge in [0.25, 0.3) is 0 Å². The van der Waals surface area contributed by atoms with Gasteiger partial charge in [0.1, 0.15) is 11.5 Å². The van der Waals surface area contributed by atoms with Crippen molar-refractivity contribution < 1.29 is 50.5 Å². The molecule has 1 aromatic heterocycles. The molecule has 1 saturated heterocycles. The van der Waals surface area contributed by atoms with Crippen LogP contribution in [0.3, 0.4) is 0 Å². The zero-order chi connectivity index (χ0) is 38.3. The number of halogens is 6. The molecule has 0 saturated carbocycles. The SMILES string of the molecule is COc1ccc(C(C)C)cc1-c1ccc(C(F)(F)F)cc1CN(Cc1cc(OCCCC(=O)O)cc(C(F)(F)F)c1)c1ncc(N2CCOCC2)cn1.[NaH]. The summed E-state index contributed by atoms with van der Waals surface area (Å²) in [5.41, 5.74) is 0.977. The van der Waals surface area contributed by atoms with Crippen molar-refractivity contribution in [2.45, 2.75) is 58.0 Å². The van der Waals surface area contributed by atoms with Gasteiger partial charge in [-0.25, -0.2) is 9.97 Å². The second-order valence-electron chi connectivity index (χ2n) is 12.9. The van der Waals surface area contributed by atoms with Gasteiger partial charge in [-0.2, -0.15) is 26.3 Å². The van der Waals surface area contributed by atoms with Crippen LogP contribution >= 0.6 is 0 Å². The molecule has 0 atom stereocenters. The summed E-state index contributed by atoms with van der Waals surface area (Å²) in [4.78, 5) is 23.5. The molecule has 16 heteroatoms. The number of alkyl halides is 6. The third-order valence-corrected chi connectivity index (χ3v) is 8.73. The summed E-state index contributed by atoms with van der Waals surface area (Å²) in [5, 5.41) is 8.95. The van der Waals surface area contributed by atoms with E-state index in [4.69, 9.17) is 19.3 Å². The van der Waals surface area contributed by atoms with E-state index in [1.54, 1.807) is 18.5 Å². The van der Waals surface area contributed by atoms with Gasteiger partial charge in [-0.05, 0) is 77.1 Å². The third kappa shape index (κ3) is 11.2. The number of ether oxygens (including phenoxy) is 3. The van der Waals surface area contributed by atoms with Gasteiger partial charge in [0.15, 0.2) is 0 Å². The van der Waals surface area contributed by atoms with Gasteiger partial charge in [-0.15, -0.1) is 0 Å². The van der Waals surface area contributed by atoms with Crippen LogP contribution in [0.15, 0.2) is 67.0 Å². The number of aliphatic carboxylic acids is 1. The average molecular weight is 771 g/mol. The Morgan fingerprint density at radius 1 is 0.907 bits per heavy atom. The molecular formula is C38H41F6N4NaO5. The number of carbonyl (C=O) groups is 1. The van der Waals surface area contributed by atoms with Gasteiger partial charge in [-0.1, -0.05) is 26.0 Å². The summed E-state index contributed by atoms with van der Waals surface area (Å²) < 4.78 is 102. The molecule has 0 bridgehead atoms. The van der Waals surface area contributed by atoms with Crippen LogP contribution in [-0.4, -0.2) is 90.6 Å². The quantitative estimate of drug-likeness (QED) is 0.0779. The van der Waals surface area contributed by atoms with Crippen LogP contribution in [0.25, 0.3) is 11.1 Å². The monoisotopic (exact) mass is 770 g/mol. The molecule has 3 aromatic carbocycles. The predicted molar refractivity (Wildman–Crippen MR) is 193 cm³/mol. The summed E-state index contributed by atoms with van der Waals surface area (Å²) in [5.74, 6) is -0.631. The number of nitrogens with zero attached hydrogens (tertiary/aromatic N) is 4. The molecule has 54 heavy (non-hydrogen) atoms. The molecule has 286 valence electrons. The summed E-state index contributed by atoms with van der Waals surface area (Å²) in [7, 11) is 1.46. The number of anilines is 2. The van der Waals surface area contributed by atoms with Crippen molar-refractivity contribution in [1.82, 2.24) is 9.97 Å². The number of hydrogen-bond acceptors (Lipinski definition) is 8. The summed E-state index contributed by atoms with van der Waals surface area (Å²) >= 11 is 0. The van der Waals surface area contributed by atoms with E-state index in [0.717, 1.165) is 29.8 Å². The number of carboxylic acids is 1. The van der Waals surface area contributed by atoms with Crippen molar-refractivity contribution in [3.05, 3.63) is 94.8 Å². The van der Waals surface area contributed by atoms with Crippen molar-refractivity contribution in [2.24, 2.45) is 0 Å². The fourth-order valence-corrected chi connectivity index (χ4v) is 5.96. The summed E-state index contributed by atoms with van der Waals surface area (Å²) in [6.07, 6.45) is -6.50. The number of carboxylic acid groups (broad SMARTS) is 1. The minimum atomic E-state index is -4.76. The molecule has 4 aromatic rings. The van der Waals surface area contributed by atoms with Gasteiger partial charge >= 0.3 is 47.9 Å². The average Bonchev–Trinajstić information content (AvgIpc) is 3.12. The van der Waals surface area contributed by atoms with E-state index < -0.39 is 29.4 Å². The molecular weight excluding hydrogens is 729 g/mol. The predicted octanol–water partition coefficient (Wildman–Crippen LogP) is 7.95. The number of benzene rings is 3. The van der Waals surface area contributed by atoms with Crippen LogP contribution in [0.5, 0.6) is 11.5 Å². The van der Waals surface area contributed by atoms with Gasteiger partial charge in [0.2, 0.25) is 5.95 Å². The normalized spacial score (nSPS) is 13.4. The first-order chi connectivity index (χ1) is 25.1. The van der Waals surface area contributed by atoms with E-state index in [2.05, 4.69) is 9.97 Å². The van der Waals surface area contributed by atoms with E-state index >= 15 is 0 Å². The first kappa shape index (κ1) is 42.7. The van der Waals surface area contributed by atoms with Crippen LogP contribution in [0.4, 0.5) is 38.0 Å². The molecule has 2 heterocycles. The fourth-order valence-electron chi connectivity index (χ4n) is 5.96. The Kier molecular flexibility index (Phi) is 14.6. The Labute approximate surface area is 331 Å². The van der Waals surface area contributed by atoms with Crippen molar-refractivity contribution in [2.75, 3.05) is 49.8 Å². The van der Waals surface area contributed by atoms with Crippen LogP contribution in [0.2, 0.25) is 0 Å². The topological polar surface area (TPSA) is 97.2 Å². The van der Waals surface area contributed by atoms with Crippen LogP contribution in [-0.2, 0) is 35.0 Å². The van der Waals surface area contributed by atoms with E-state index in [1.165, 1.54) is 24.1 Å². The van der Waals surface area contributed by atoms with Gasteiger partial charge in [0.05, 0.1) is 56.1 Å². The minimum absolute atomic E-state index is 0. The third-order valence-electron chi connectivity index (χ3n) is 8.73. The van der Waals surface area contributed by atoms with E-state index in [-0.39, 0.29) is 90.8 Å².